The molecule has 1 fully saturated rings. The summed E-state index contributed by atoms with van der Waals surface area (Å²) in [4.78, 5) is 11.8. The van der Waals surface area contributed by atoms with Crippen molar-refractivity contribution in [3.8, 4) is 0 Å². The molecule has 1 aromatic carbocycles. The molecule has 0 aromatic heterocycles. The third-order valence-corrected chi connectivity index (χ3v) is 3.70. The van der Waals surface area contributed by atoms with Crippen molar-refractivity contribution in [1.29, 1.82) is 0 Å². The van der Waals surface area contributed by atoms with Crippen LogP contribution in [0.4, 0.5) is 0 Å². The van der Waals surface area contributed by atoms with E-state index in [4.69, 9.17) is 0 Å². The number of rotatable bonds is 5. The van der Waals surface area contributed by atoms with Crippen molar-refractivity contribution in [2.24, 2.45) is 0 Å². The van der Waals surface area contributed by atoms with Crippen molar-refractivity contribution >= 4 is 5.91 Å². The van der Waals surface area contributed by atoms with Crippen LogP contribution in [0.1, 0.15) is 36.8 Å². The van der Waals surface area contributed by atoms with E-state index in [1.807, 2.05) is 0 Å². The molecule has 2 rings (SSSR count). The molecule has 104 valence electrons. The molecule has 1 saturated heterocycles. The van der Waals surface area contributed by atoms with Gasteiger partial charge in [-0.25, -0.2) is 0 Å². The number of hydrogen-bond acceptors (Lipinski definition) is 2. The van der Waals surface area contributed by atoms with Crippen LogP contribution in [0.15, 0.2) is 24.3 Å². The molecule has 1 unspecified atom stereocenters. The van der Waals surface area contributed by atoms with Gasteiger partial charge >= 0.3 is 0 Å². The lowest BCUT2D eigenvalue weighted by atomic mass is 10.0. The fourth-order valence-electron chi connectivity index (χ4n) is 2.50. The average molecular weight is 260 g/mol. The van der Waals surface area contributed by atoms with Gasteiger partial charge in [0.2, 0.25) is 5.91 Å². The lowest BCUT2D eigenvalue weighted by Gasteiger charge is -2.22. The zero-order valence-corrected chi connectivity index (χ0v) is 11.7. The summed E-state index contributed by atoms with van der Waals surface area (Å²) < 4.78 is 0. The van der Waals surface area contributed by atoms with Crippen molar-refractivity contribution < 1.29 is 4.79 Å². The Morgan fingerprint density at radius 2 is 2.11 bits per heavy atom. The summed E-state index contributed by atoms with van der Waals surface area (Å²) in [7, 11) is 0. The van der Waals surface area contributed by atoms with Gasteiger partial charge in [-0.3, -0.25) is 4.79 Å². The van der Waals surface area contributed by atoms with E-state index in [0.29, 0.717) is 12.5 Å². The Morgan fingerprint density at radius 1 is 1.32 bits per heavy atom. The topological polar surface area (TPSA) is 41.1 Å². The van der Waals surface area contributed by atoms with Gasteiger partial charge in [0.15, 0.2) is 0 Å². The third-order valence-electron chi connectivity index (χ3n) is 3.70. The maximum atomic E-state index is 11.8. The van der Waals surface area contributed by atoms with Crippen molar-refractivity contribution in [2.45, 2.75) is 45.1 Å². The van der Waals surface area contributed by atoms with Gasteiger partial charge in [0.25, 0.3) is 0 Å². The van der Waals surface area contributed by atoms with Crippen LogP contribution < -0.4 is 10.6 Å². The van der Waals surface area contributed by atoms with Crippen molar-refractivity contribution in [2.75, 3.05) is 13.1 Å². The Labute approximate surface area is 115 Å². The molecular formula is C16H24N2O. The molecule has 1 heterocycles. The fraction of sp³-hybridized carbons (Fsp3) is 0.562. The zero-order valence-electron chi connectivity index (χ0n) is 11.7. The Balaban J connectivity index is 1.64. The minimum Gasteiger partial charge on any atom is -0.356 e. The summed E-state index contributed by atoms with van der Waals surface area (Å²) in [5, 5.41) is 6.42. The number of piperidine rings is 1. The fourth-order valence-corrected chi connectivity index (χ4v) is 2.50. The van der Waals surface area contributed by atoms with Crippen LogP contribution in [-0.2, 0) is 11.2 Å². The van der Waals surface area contributed by atoms with Crippen LogP contribution in [0.5, 0.6) is 0 Å². The van der Waals surface area contributed by atoms with Crippen LogP contribution in [-0.4, -0.2) is 25.0 Å². The smallest absolute Gasteiger partial charge is 0.221 e. The largest absolute Gasteiger partial charge is 0.356 e. The third kappa shape index (κ3) is 5.03. The maximum Gasteiger partial charge on any atom is 0.221 e. The molecule has 0 bridgehead atoms. The number of carbonyl (C=O) groups excluding carboxylic acids is 1. The Hall–Kier alpha value is -1.35. The molecule has 1 amide bonds. The minimum atomic E-state index is 0.173. The zero-order chi connectivity index (χ0) is 13.5. The lowest BCUT2D eigenvalue weighted by Crippen LogP contribution is -2.39. The van der Waals surface area contributed by atoms with E-state index < -0.39 is 0 Å². The van der Waals surface area contributed by atoms with Crippen molar-refractivity contribution in [1.82, 2.24) is 10.6 Å². The first-order valence-corrected chi connectivity index (χ1v) is 7.29. The Kier molecular flexibility index (Phi) is 5.40. The normalized spacial score (nSPS) is 19.1. The molecule has 1 aliphatic heterocycles. The molecule has 1 atom stereocenters. The number of nitrogens with one attached hydrogen (secondary N) is 2. The van der Waals surface area contributed by atoms with Crippen LogP contribution in [0.3, 0.4) is 0 Å². The monoisotopic (exact) mass is 260 g/mol. The van der Waals surface area contributed by atoms with Gasteiger partial charge in [-0.15, -0.1) is 0 Å². The molecule has 19 heavy (non-hydrogen) atoms. The Morgan fingerprint density at radius 3 is 2.79 bits per heavy atom. The SMILES string of the molecule is Cc1ccc(CCNC(=O)CC2CCCCN2)cc1. The molecule has 0 spiro atoms. The number of carbonyl (C=O) groups is 1. The highest BCUT2D eigenvalue weighted by molar-refractivity contribution is 5.76. The van der Waals surface area contributed by atoms with Gasteiger partial charge in [-0.2, -0.15) is 0 Å². The predicted octanol–water partition coefficient (Wildman–Crippen LogP) is 2.19. The van der Waals surface area contributed by atoms with Gasteiger partial charge in [0.1, 0.15) is 0 Å². The average Bonchev–Trinajstić information content (AvgIpc) is 2.42. The number of hydrogen-bond donors (Lipinski definition) is 2. The van der Waals surface area contributed by atoms with Crippen LogP contribution in [0.25, 0.3) is 0 Å². The number of amides is 1. The van der Waals surface area contributed by atoms with E-state index in [-0.39, 0.29) is 5.91 Å². The molecule has 0 radical (unpaired) electrons. The summed E-state index contributed by atoms with van der Waals surface area (Å²) in [6, 6.07) is 8.87. The first kappa shape index (κ1) is 14.1. The standard InChI is InChI=1S/C16H24N2O/c1-13-5-7-14(8-6-13)9-11-18-16(19)12-15-4-2-3-10-17-15/h5-8,15,17H,2-4,9-12H2,1H3,(H,18,19). The number of aryl methyl sites for hydroxylation is 1. The van der Waals surface area contributed by atoms with E-state index in [2.05, 4.69) is 41.8 Å². The molecular weight excluding hydrogens is 236 g/mol. The lowest BCUT2D eigenvalue weighted by molar-refractivity contribution is -0.121. The van der Waals surface area contributed by atoms with Crippen molar-refractivity contribution in [3.63, 3.8) is 0 Å². The van der Waals surface area contributed by atoms with E-state index >= 15 is 0 Å². The van der Waals surface area contributed by atoms with Gasteiger partial charge in [-0.1, -0.05) is 36.2 Å². The van der Waals surface area contributed by atoms with Crippen molar-refractivity contribution in [3.05, 3.63) is 35.4 Å². The minimum absolute atomic E-state index is 0.173. The maximum absolute atomic E-state index is 11.8. The van der Waals surface area contributed by atoms with Gasteiger partial charge in [0.05, 0.1) is 0 Å². The van der Waals surface area contributed by atoms with Gasteiger partial charge in [0, 0.05) is 19.0 Å². The summed E-state index contributed by atoms with van der Waals surface area (Å²) in [6.07, 6.45) is 5.14. The van der Waals surface area contributed by atoms with E-state index in [1.165, 1.54) is 24.0 Å². The second-order valence-electron chi connectivity index (χ2n) is 5.44. The molecule has 3 heteroatoms. The molecule has 0 saturated carbocycles. The number of benzene rings is 1. The highest BCUT2D eigenvalue weighted by atomic mass is 16.1. The second-order valence-corrected chi connectivity index (χ2v) is 5.44. The molecule has 1 aliphatic rings. The molecule has 0 aliphatic carbocycles. The van der Waals surface area contributed by atoms with Crippen LogP contribution in [0, 0.1) is 6.92 Å². The summed E-state index contributed by atoms with van der Waals surface area (Å²) >= 11 is 0. The van der Waals surface area contributed by atoms with Crippen LogP contribution in [0.2, 0.25) is 0 Å². The summed E-state index contributed by atoms with van der Waals surface area (Å²) in [6.45, 7) is 3.87. The highest BCUT2D eigenvalue weighted by Gasteiger charge is 2.15. The van der Waals surface area contributed by atoms with E-state index in [9.17, 15) is 4.79 Å². The first-order chi connectivity index (χ1) is 9.24. The van der Waals surface area contributed by atoms with Gasteiger partial charge in [-0.05, 0) is 38.3 Å². The van der Waals surface area contributed by atoms with Crippen LogP contribution >= 0.6 is 0 Å². The quantitative estimate of drug-likeness (QED) is 0.852. The summed E-state index contributed by atoms with van der Waals surface area (Å²) in [5.41, 5.74) is 2.55. The second kappa shape index (κ2) is 7.29. The predicted molar refractivity (Wildman–Crippen MR) is 78.2 cm³/mol. The molecule has 1 aromatic rings. The van der Waals surface area contributed by atoms with E-state index in [0.717, 1.165) is 25.9 Å². The first-order valence-electron chi connectivity index (χ1n) is 7.29. The molecule has 2 N–H and O–H groups in total. The molecule has 3 nitrogen and oxygen atoms in total. The highest BCUT2D eigenvalue weighted by Crippen LogP contribution is 2.09. The summed E-state index contributed by atoms with van der Waals surface area (Å²) in [5.74, 6) is 0.173. The van der Waals surface area contributed by atoms with E-state index in [1.54, 1.807) is 0 Å². The van der Waals surface area contributed by atoms with Gasteiger partial charge < -0.3 is 10.6 Å². The Bertz CT molecular complexity index is 394.